The van der Waals surface area contributed by atoms with Gasteiger partial charge in [0.1, 0.15) is 0 Å². The van der Waals surface area contributed by atoms with Crippen LogP contribution in [0, 0.1) is 11.8 Å². The Balaban J connectivity index is 1.79. The second kappa shape index (κ2) is 6.86. The molecule has 1 fully saturated rings. The first-order valence-electron chi connectivity index (χ1n) is 8.12. The van der Waals surface area contributed by atoms with Gasteiger partial charge in [0.2, 0.25) is 0 Å². The molecule has 0 aliphatic carbocycles. The number of nitrogens with zero attached hydrogens (tertiary/aromatic N) is 3. The van der Waals surface area contributed by atoms with Crippen LogP contribution in [-0.2, 0) is 11.3 Å². The number of benzene rings is 1. The van der Waals surface area contributed by atoms with Crippen LogP contribution in [0.4, 0.5) is 5.69 Å². The zero-order valence-corrected chi connectivity index (χ0v) is 13.6. The number of carbonyl (C=O) groups is 1. The van der Waals surface area contributed by atoms with Crippen LogP contribution in [0.1, 0.15) is 18.9 Å². The minimum Gasteiger partial charge on any atom is -0.481 e. The minimum absolute atomic E-state index is 0.179. The monoisotopic (exact) mass is 327 g/mol. The number of piperidine rings is 1. The Morgan fingerprint density at radius 2 is 2.04 bits per heavy atom. The summed E-state index contributed by atoms with van der Waals surface area (Å²) in [6.07, 6.45) is 2.33. The molecule has 1 aromatic heterocycles. The topological polar surface area (TPSA) is 75.4 Å². The van der Waals surface area contributed by atoms with Gasteiger partial charge < -0.3 is 10.0 Å². The molecule has 3 rings (SSSR count). The summed E-state index contributed by atoms with van der Waals surface area (Å²) in [7, 11) is 0. The molecule has 1 aromatic carbocycles. The summed E-state index contributed by atoms with van der Waals surface area (Å²) in [5.41, 5.74) is 1.53. The summed E-state index contributed by atoms with van der Waals surface area (Å²) in [6, 6.07) is 11.2. The van der Waals surface area contributed by atoms with Gasteiger partial charge in [-0.1, -0.05) is 37.3 Å². The fourth-order valence-corrected chi connectivity index (χ4v) is 3.21. The molecule has 0 amide bonds. The third kappa shape index (κ3) is 3.64. The molecule has 0 saturated carbocycles. The number of anilines is 1. The lowest BCUT2D eigenvalue weighted by atomic mass is 9.90. The van der Waals surface area contributed by atoms with Crippen LogP contribution in [0.2, 0.25) is 0 Å². The summed E-state index contributed by atoms with van der Waals surface area (Å²) in [6.45, 7) is 3.62. The predicted molar refractivity (Wildman–Crippen MR) is 91.2 cm³/mol. The van der Waals surface area contributed by atoms with E-state index in [2.05, 4.69) is 5.10 Å². The standard InChI is InChI=1S/C18H21N3O3/c1-13-7-15(18(23)24)12-20(10-13)16-8-17(22)21(19-9-16)11-14-5-3-2-4-6-14/h2-6,8-9,13,15H,7,10-12H2,1H3,(H,23,24). The second-order valence-electron chi connectivity index (χ2n) is 6.48. The summed E-state index contributed by atoms with van der Waals surface area (Å²) in [4.78, 5) is 25.6. The average Bonchev–Trinajstić information content (AvgIpc) is 2.57. The molecular formula is C18H21N3O3. The van der Waals surface area contributed by atoms with Crippen LogP contribution in [0.15, 0.2) is 47.4 Å². The van der Waals surface area contributed by atoms with E-state index in [1.807, 2.05) is 42.2 Å². The first-order valence-corrected chi connectivity index (χ1v) is 8.12. The molecule has 2 unspecified atom stereocenters. The smallest absolute Gasteiger partial charge is 0.308 e. The lowest BCUT2D eigenvalue weighted by Crippen LogP contribution is -2.43. The number of aromatic nitrogens is 2. The van der Waals surface area contributed by atoms with Crippen molar-refractivity contribution in [3.63, 3.8) is 0 Å². The van der Waals surface area contributed by atoms with Crippen molar-refractivity contribution in [2.75, 3.05) is 18.0 Å². The summed E-state index contributed by atoms with van der Waals surface area (Å²) in [5, 5.41) is 13.5. The van der Waals surface area contributed by atoms with Crippen molar-refractivity contribution in [1.82, 2.24) is 9.78 Å². The Kier molecular flexibility index (Phi) is 4.64. The predicted octanol–water partition coefficient (Wildman–Crippen LogP) is 1.84. The van der Waals surface area contributed by atoms with E-state index >= 15 is 0 Å². The van der Waals surface area contributed by atoms with Gasteiger partial charge in [-0.15, -0.1) is 0 Å². The fraction of sp³-hybridized carbons (Fsp3) is 0.389. The quantitative estimate of drug-likeness (QED) is 0.927. The van der Waals surface area contributed by atoms with Gasteiger partial charge in [0.25, 0.3) is 5.56 Å². The Labute approximate surface area is 140 Å². The summed E-state index contributed by atoms with van der Waals surface area (Å²) in [5.74, 6) is -0.913. The van der Waals surface area contributed by atoms with Gasteiger partial charge in [0.05, 0.1) is 24.3 Å². The molecule has 0 radical (unpaired) electrons. The van der Waals surface area contributed by atoms with E-state index < -0.39 is 11.9 Å². The van der Waals surface area contributed by atoms with E-state index in [1.165, 1.54) is 4.68 Å². The molecule has 126 valence electrons. The zero-order chi connectivity index (χ0) is 17.1. The maximum atomic E-state index is 12.3. The van der Waals surface area contributed by atoms with Crippen molar-refractivity contribution in [2.45, 2.75) is 19.9 Å². The Hall–Kier alpha value is -2.63. The number of carboxylic acids is 1. The van der Waals surface area contributed by atoms with E-state index in [4.69, 9.17) is 0 Å². The van der Waals surface area contributed by atoms with E-state index in [9.17, 15) is 14.7 Å². The van der Waals surface area contributed by atoms with Gasteiger partial charge in [0, 0.05) is 19.2 Å². The van der Waals surface area contributed by atoms with Gasteiger partial charge >= 0.3 is 5.97 Å². The number of hydrogen-bond donors (Lipinski definition) is 1. The normalized spacial score (nSPS) is 20.8. The third-order valence-electron chi connectivity index (χ3n) is 4.40. The van der Waals surface area contributed by atoms with E-state index in [0.29, 0.717) is 25.2 Å². The third-order valence-corrected chi connectivity index (χ3v) is 4.40. The molecule has 1 aliphatic rings. The highest BCUT2D eigenvalue weighted by atomic mass is 16.4. The van der Waals surface area contributed by atoms with Crippen molar-refractivity contribution in [3.05, 3.63) is 58.5 Å². The minimum atomic E-state index is -0.781. The van der Waals surface area contributed by atoms with E-state index in [1.54, 1.807) is 12.3 Å². The lowest BCUT2D eigenvalue weighted by Gasteiger charge is -2.35. The maximum Gasteiger partial charge on any atom is 0.308 e. The molecule has 24 heavy (non-hydrogen) atoms. The van der Waals surface area contributed by atoms with Crippen LogP contribution in [0.25, 0.3) is 0 Å². The van der Waals surface area contributed by atoms with E-state index in [0.717, 1.165) is 12.1 Å². The van der Waals surface area contributed by atoms with Crippen molar-refractivity contribution in [2.24, 2.45) is 11.8 Å². The van der Waals surface area contributed by atoms with Gasteiger partial charge in [0.15, 0.2) is 0 Å². The Bertz CT molecular complexity index is 773. The first-order chi connectivity index (χ1) is 11.5. The molecule has 1 N–H and O–H groups in total. The van der Waals surface area contributed by atoms with Crippen molar-refractivity contribution >= 4 is 11.7 Å². The van der Waals surface area contributed by atoms with Crippen LogP contribution >= 0.6 is 0 Å². The second-order valence-corrected chi connectivity index (χ2v) is 6.48. The zero-order valence-electron chi connectivity index (χ0n) is 13.6. The molecular weight excluding hydrogens is 306 g/mol. The molecule has 1 saturated heterocycles. The largest absolute Gasteiger partial charge is 0.481 e. The van der Waals surface area contributed by atoms with Crippen LogP contribution < -0.4 is 10.5 Å². The highest BCUT2D eigenvalue weighted by molar-refractivity contribution is 5.71. The molecule has 1 aliphatic heterocycles. The fourth-order valence-electron chi connectivity index (χ4n) is 3.21. The number of rotatable bonds is 4. The van der Waals surface area contributed by atoms with Gasteiger partial charge in [-0.2, -0.15) is 5.10 Å². The average molecular weight is 327 g/mol. The highest BCUT2D eigenvalue weighted by Gasteiger charge is 2.29. The number of aliphatic carboxylic acids is 1. The highest BCUT2D eigenvalue weighted by Crippen LogP contribution is 2.25. The molecule has 0 bridgehead atoms. The van der Waals surface area contributed by atoms with Crippen molar-refractivity contribution < 1.29 is 9.90 Å². The maximum absolute atomic E-state index is 12.3. The Morgan fingerprint density at radius 1 is 1.29 bits per heavy atom. The van der Waals surface area contributed by atoms with Gasteiger partial charge in [-0.25, -0.2) is 4.68 Å². The van der Waals surface area contributed by atoms with Gasteiger partial charge in [-0.3, -0.25) is 9.59 Å². The molecule has 6 nitrogen and oxygen atoms in total. The first kappa shape index (κ1) is 16.2. The SMILES string of the molecule is CC1CC(C(=O)O)CN(c2cnn(Cc3ccccc3)c(=O)c2)C1. The summed E-state index contributed by atoms with van der Waals surface area (Å²) >= 11 is 0. The Morgan fingerprint density at radius 3 is 2.71 bits per heavy atom. The molecule has 2 atom stereocenters. The number of hydrogen-bond acceptors (Lipinski definition) is 4. The molecule has 2 heterocycles. The lowest BCUT2D eigenvalue weighted by molar-refractivity contribution is -0.142. The molecule has 2 aromatic rings. The van der Waals surface area contributed by atoms with Crippen molar-refractivity contribution in [1.29, 1.82) is 0 Å². The van der Waals surface area contributed by atoms with Crippen molar-refractivity contribution in [3.8, 4) is 0 Å². The molecule has 0 spiro atoms. The van der Waals surface area contributed by atoms with E-state index in [-0.39, 0.29) is 11.5 Å². The van der Waals surface area contributed by atoms with Gasteiger partial charge in [-0.05, 0) is 17.9 Å². The molecule has 6 heteroatoms. The van der Waals surface area contributed by atoms with Crippen LogP contribution in [0.5, 0.6) is 0 Å². The van der Waals surface area contributed by atoms with Crippen LogP contribution in [0.3, 0.4) is 0 Å². The summed E-state index contributed by atoms with van der Waals surface area (Å²) < 4.78 is 1.42. The number of carboxylic acid groups (broad SMARTS) is 1. The van der Waals surface area contributed by atoms with Crippen LogP contribution in [-0.4, -0.2) is 33.9 Å².